The Kier molecular flexibility index (Phi) is 6.57. The molecular weight excluding hydrogens is 396 g/mol. The minimum absolute atomic E-state index is 0.109. The average molecular weight is 419 g/mol. The van der Waals surface area contributed by atoms with E-state index in [1.807, 2.05) is 37.3 Å². The number of hydrogen-bond acceptors (Lipinski definition) is 3. The van der Waals surface area contributed by atoms with Crippen LogP contribution < -0.4 is 5.32 Å². The fourth-order valence-corrected chi connectivity index (χ4v) is 4.50. The monoisotopic (exact) mass is 418 g/mol. The van der Waals surface area contributed by atoms with Crippen molar-refractivity contribution in [3.8, 4) is 0 Å². The molecule has 0 radical (unpaired) electrons. The number of nitrogens with one attached hydrogen (secondary N) is 1. The summed E-state index contributed by atoms with van der Waals surface area (Å²) >= 11 is 5.13. The van der Waals surface area contributed by atoms with Crippen LogP contribution in [0.4, 0.5) is 0 Å². The summed E-state index contributed by atoms with van der Waals surface area (Å²) in [5, 5.41) is 3.11. The Morgan fingerprint density at radius 2 is 1.96 bits per heavy atom. The van der Waals surface area contributed by atoms with Gasteiger partial charge in [0.05, 0.1) is 5.25 Å². The van der Waals surface area contributed by atoms with Crippen LogP contribution in [-0.2, 0) is 11.3 Å². The lowest BCUT2D eigenvalue weighted by Crippen LogP contribution is -2.40. The van der Waals surface area contributed by atoms with Crippen LogP contribution in [0, 0.1) is 0 Å². The Bertz CT molecular complexity index is 710. The van der Waals surface area contributed by atoms with Crippen molar-refractivity contribution in [3.63, 3.8) is 0 Å². The van der Waals surface area contributed by atoms with Gasteiger partial charge in [-0.15, -0.1) is 11.8 Å². The highest BCUT2D eigenvalue weighted by atomic mass is 79.9. The molecule has 25 heavy (non-hydrogen) atoms. The van der Waals surface area contributed by atoms with E-state index in [2.05, 4.69) is 50.4 Å². The number of benzene rings is 2. The van der Waals surface area contributed by atoms with Crippen LogP contribution in [0.3, 0.4) is 0 Å². The summed E-state index contributed by atoms with van der Waals surface area (Å²) in [6, 6.07) is 18.8. The Morgan fingerprint density at radius 3 is 2.72 bits per heavy atom. The molecular formula is C20H23BrN2OS. The summed E-state index contributed by atoms with van der Waals surface area (Å²) in [4.78, 5) is 16.0. The summed E-state index contributed by atoms with van der Waals surface area (Å²) < 4.78 is 1.04. The van der Waals surface area contributed by atoms with E-state index in [1.165, 1.54) is 5.56 Å². The SMILES string of the molecule is CC(Sc1ccccc1Br)C(=O)NC1CCN(Cc2ccccc2)C1. The fourth-order valence-electron chi connectivity index (χ4n) is 3.04. The van der Waals surface area contributed by atoms with Gasteiger partial charge in [0, 0.05) is 35.0 Å². The van der Waals surface area contributed by atoms with Gasteiger partial charge in [0.15, 0.2) is 0 Å². The van der Waals surface area contributed by atoms with Gasteiger partial charge < -0.3 is 5.32 Å². The molecule has 2 aromatic carbocycles. The third-order valence-corrected chi connectivity index (χ3v) is 6.51. The molecule has 1 saturated heterocycles. The quantitative estimate of drug-likeness (QED) is 0.708. The van der Waals surface area contributed by atoms with Crippen molar-refractivity contribution in [2.24, 2.45) is 0 Å². The zero-order chi connectivity index (χ0) is 17.6. The third kappa shape index (κ3) is 5.33. The molecule has 1 N–H and O–H groups in total. The number of likely N-dealkylation sites (tertiary alicyclic amines) is 1. The van der Waals surface area contributed by atoms with Crippen LogP contribution in [0.25, 0.3) is 0 Å². The van der Waals surface area contributed by atoms with Crippen LogP contribution in [0.1, 0.15) is 18.9 Å². The number of amides is 1. The van der Waals surface area contributed by atoms with E-state index in [4.69, 9.17) is 0 Å². The van der Waals surface area contributed by atoms with Gasteiger partial charge >= 0.3 is 0 Å². The van der Waals surface area contributed by atoms with Crippen LogP contribution in [0.5, 0.6) is 0 Å². The van der Waals surface area contributed by atoms with Crippen LogP contribution in [0.2, 0.25) is 0 Å². The van der Waals surface area contributed by atoms with E-state index < -0.39 is 0 Å². The Hall–Kier alpha value is -1.30. The van der Waals surface area contributed by atoms with Crippen molar-refractivity contribution >= 4 is 33.6 Å². The number of halogens is 1. The van der Waals surface area contributed by atoms with Crippen LogP contribution in [0.15, 0.2) is 64.0 Å². The van der Waals surface area contributed by atoms with Gasteiger partial charge in [-0.05, 0) is 47.0 Å². The minimum Gasteiger partial charge on any atom is -0.351 e. The number of thioether (sulfide) groups is 1. The molecule has 0 spiro atoms. The van der Waals surface area contributed by atoms with E-state index in [9.17, 15) is 4.79 Å². The van der Waals surface area contributed by atoms with Gasteiger partial charge in [0.25, 0.3) is 0 Å². The Morgan fingerprint density at radius 1 is 1.24 bits per heavy atom. The second-order valence-corrected chi connectivity index (χ2v) is 8.64. The second kappa shape index (κ2) is 8.88. The van der Waals surface area contributed by atoms with Gasteiger partial charge in [-0.2, -0.15) is 0 Å². The molecule has 0 aromatic heterocycles. The van der Waals surface area contributed by atoms with E-state index in [0.717, 1.165) is 35.4 Å². The highest BCUT2D eigenvalue weighted by Crippen LogP contribution is 2.30. The predicted octanol–water partition coefficient (Wildman–Crippen LogP) is 4.32. The topological polar surface area (TPSA) is 32.3 Å². The molecule has 132 valence electrons. The molecule has 5 heteroatoms. The molecule has 2 aromatic rings. The van der Waals surface area contributed by atoms with Crippen molar-refractivity contribution in [1.29, 1.82) is 0 Å². The first-order valence-electron chi connectivity index (χ1n) is 8.59. The number of carbonyl (C=O) groups is 1. The van der Waals surface area contributed by atoms with Crippen LogP contribution in [-0.4, -0.2) is 35.2 Å². The normalized spacial score (nSPS) is 18.9. The lowest BCUT2D eigenvalue weighted by molar-refractivity contribution is -0.120. The van der Waals surface area contributed by atoms with Crippen molar-refractivity contribution in [3.05, 3.63) is 64.6 Å². The summed E-state index contributed by atoms with van der Waals surface area (Å²) in [7, 11) is 0. The number of nitrogens with zero attached hydrogens (tertiary/aromatic N) is 1. The lowest BCUT2D eigenvalue weighted by Gasteiger charge is -2.19. The minimum atomic E-state index is -0.109. The van der Waals surface area contributed by atoms with E-state index >= 15 is 0 Å². The van der Waals surface area contributed by atoms with Crippen molar-refractivity contribution in [2.45, 2.75) is 36.1 Å². The predicted molar refractivity (Wildman–Crippen MR) is 108 cm³/mol. The number of carbonyl (C=O) groups excluding carboxylic acids is 1. The Balaban J connectivity index is 1.47. The van der Waals surface area contributed by atoms with E-state index in [0.29, 0.717) is 0 Å². The highest BCUT2D eigenvalue weighted by Gasteiger charge is 2.26. The number of rotatable bonds is 6. The molecule has 0 bridgehead atoms. The molecule has 1 heterocycles. The maximum absolute atomic E-state index is 12.5. The summed E-state index contributed by atoms with van der Waals surface area (Å²) in [6.45, 7) is 4.88. The standard InChI is InChI=1S/C20H23BrN2OS/c1-15(25-19-10-6-5-9-18(19)21)20(24)22-17-11-12-23(14-17)13-16-7-3-2-4-8-16/h2-10,15,17H,11-14H2,1H3,(H,22,24). The first-order valence-corrected chi connectivity index (χ1v) is 10.3. The average Bonchev–Trinajstić information content (AvgIpc) is 3.04. The lowest BCUT2D eigenvalue weighted by atomic mass is 10.2. The van der Waals surface area contributed by atoms with Crippen molar-refractivity contribution < 1.29 is 4.79 Å². The van der Waals surface area contributed by atoms with Gasteiger partial charge in [-0.3, -0.25) is 9.69 Å². The molecule has 2 unspecified atom stereocenters. The zero-order valence-corrected chi connectivity index (χ0v) is 16.7. The summed E-state index contributed by atoms with van der Waals surface area (Å²) in [5.74, 6) is 0.118. The molecule has 0 aliphatic carbocycles. The largest absolute Gasteiger partial charge is 0.351 e. The molecule has 1 fully saturated rings. The smallest absolute Gasteiger partial charge is 0.233 e. The van der Waals surface area contributed by atoms with Crippen molar-refractivity contribution in [1.82, 2.24) is 10.2 Å². The molecule has 1 aliphatic heterocycles. The number of hydrogen-bond donors (Lipinski definition) is 1. The molecule has 3 rings (SSSR count). The molecule has 1 aliphatic rings. The Labute approximate surface area is 162 Å². The maximum atomic E-state index is 12.5. The second-order valence-electron chi connectivity index (χ2n) is 6.41. The van der Waals surface area contributed by atoms with E-state index in [-0.39, 0.29) is 17.2 Å². The summed E-state index contributed by atoms with van der Waals surface area (Å²) in [6.07, 6.45) is 1.02. The first-order chi connectivity index (χ1) is 12.1. The first kappa shape index (κ1) is 18.5. The zero-order valence-electron chi connectivity index (χ0n) is 14.3. The van der Waals surface area contributed by atoms with Crippen LogP contribution >= 0.6 is 27.7 Å². The van der Waals surface area contributed by atoms with E-state index in [1.54, 1.807) is 11.8 Å². The summed E-state index contributed by atoms with van der Waals surface area (Å²) in [5.41, 5.74) is 1.33. The van der Waals surface area contributed by atoms with Gasteiger partial charge in [-0.25, -0.2) is 0 Å². The van der Waals surface area contributed by atoms with Gasteiger partial charge in [0.1, 0.15) is 0 Å². The maximum Gasteiger partial charge on any atom is 0.233 e. The molecule has 3 nitrogen and oxygen atoms in total. The van der Waals surface area contributed by atoms with Crippen molar-refractivity contribution in [2.75, 3.05) is 13.1 Å². The molecule has 1 amide bonds. The van der Waals surface area contributed by atoms with Gasteiger partial charge in [0.2, 0.25) is 5.91 Å². The van der Waals surface area contributed by atoms with Gasteiger partial charge in [-0.1, -0.05) is 42.5 Å². The molecule has 2 atom stereocenters. The fraction of sp³-hybridized carbons (Fsp3) is 0.350. The highest BCUT2D eigenvalue weighted by molar-refractivity contribution is 9.10. The molecule has 0 saturated carbocycles. The third-order valence-electron chi connectivity index (χ3n) is 4.38.